The highest BCUT2D eigenvalue weighted by Crippen LogP contribution is 2.27. The molecule has 1 aliphatic heterocycles. The molecular formula is C25H33ClN2O2. The van der Waals surface area contributed by atoms with Crippen molar-refractivity contribution in [1.82, 2.24) is 9.80 Å². The Labute approximate surface area is 185 Å². The summed E-state index contributed by atoms with van der Waals surface area (Å²) in [6.07, 6.45) is 1.54. The topological polar surface area (TPSA) is 32.8 Å². The number of carbonyl (C=O) groups is 1. The minimum absolute atomic E-state index is 0.190. The van der Waals surface area contributed by atoms with E-state index in [1.165, 1.54) is 11.1 Å². The van der Waals surface area contributed by atoms with E-state index < -0.39 is 0 Å². The molecule has 5 heteroatoms. The predicted molar refractivity (Wildman–Crippen MR) is 123 cm³/mol. The van der Waals surface area contributed by atoms with Crippen molar-refractivity contribution in [2.45, 2.75) is 52.1 Å². The molecule has 1 fully saturated rings. The van der Waals surface area contributed by atoms with Gasteiger partial charge in [-0.05, 0) is 60.2 Å². The predicted octanol–water partition coefficient (Wildman–Crippen LogP) is 5.14. The Balaban J connectivity index is 1.61. The number of ether oxygens (including phenoxy) is 1. The van der Waals surface area contributed by atoms with Crippen molar-refractivity contribution in [3.8, 4) is 5.75 Å². The zero-order valence-electron chi connectivity index (χ0n) is 18.5. The van der Waals surface area contributed by atoms with Gasteiger partial charge in [0, 0.05) is 37.2 Å². The van der Waals surface area contributed by atoms with Crippen LogP contribution in [0.2, 0.25) is 5.02 Å². The molecule has 3 rings (SSSR count). The molecule has 2 atom stereocenters. The first-order chi connectivity index (χ1) is 14.4. The summed E-state index contributed by atoms with van der Waals surface area (Å²) in [5.74, 6) is 1.52. The Morgan fingerprint density at radius 1 is 1.20 bits per heavy atom. The van der Waals surface area contributed by atoms with E-state index in [0.717, 1.165) is 48.9 Å². The SMILES string of the molecule is CCC(C)c1ccc(Cl)cc1CN1CCN(C(=O)Cc2ccc(OC)cc2)C(C)C1. The molecule has 0 radical (unpaired) electrons. The van der Waals surface area contributed by atoms with Gasteiger partial charge in [-0.15, -0.1) is 0 Å². The molecule has 1 heterocycles. The molecule has 2 aromatic rings. The highest BCUT2D eigenvalue weighted by molar-refractivity contribution is 6.30. The molecule has 2 aromatic carbocycles. The van der Waals surface area contributed by atoms with Crippen LogP contribution < -0.4 is 4.74 Å². The van der Waals surface area contributed by atoms with Gasteiger partial charge in [0.1, 0.15) is 5.75 Å². The zero-order valence-corrected chi connectivity index (χ0v) is 19.3. The lowest BCUT2D eigenvalue weighted by atomic mass is 9.93. The molecule has 1 amide bonds. The molecule has 1 aliphatic rings. The first kappa shape index (κ1) is 22.6. The molecule has 4 nitrogen and oxygen atoms in total. The van der Waals surface area contributed by atoms with Crippen molar-refractivity contribution < 1.29 is 9.53 Å². The van der Waals surface area contributed by atoms with Gasteiger partial charge in [-0.1, -0.05) is 43.6 Å². The van der Waals surface area contributed by atoms with E-state index >= 15 is 0 Å². The summed E-state index contributed by atoms with van der Waals surface area (Å²) < 4.78 is 5.20. The molecule has 0 spiro atoms. The van der Waals surface area contributed by atoms with Crippen LogP contribution in [0.5, 0.6) is 5.75 Å². The van der Waals surface area contributed by atoms with Crippen molar-refractivity contribution >= 4 is 17.5 Å². The third-order valence-corrected chi connectivity index (χ3v) is 6.42. The van der Waals surface area contributed by atoms with E-state index in [2.05, 4.69) is 37.8 Å². The van der Waals surface area contributed by atoms with Gasteiger partial charge in [-0.25, -0.2) is 0 Å². The lowest BCUT2D eigenvalue weighted by Gasteiger charge is -2.40. The lowest BCUT2D eigenvalue weighted by Crippen LogP contribution is -2.54. The zero-order chi connectivity index (χ0) is 21.7. The fourth-order valence-electron chi connectivity index (χ4n) is 4.22. The number of hydrogen-bond donors (Lipinski definition) is 0. The monoisotopic (exact) mass is 428 g/mol. The Bertz CT molecular complexity index is 853. The first-order valence-corrected chi connectivity index (χ1v) is 11.2. The van der Waals surface area contributed by atoms with Crippen molar-refractivity contribution in [3.05, 3.63) is 64.2 Å². The average Bonchev–Trinajstić information content (AvgIpc) is 2.74. The smallest absolute Gasteiger partial charge is 0.227 e. The van der Waals surface area contributed by atoms with E-state index in [0.29, 0.717) is 12.3 Å². The third-order valence-electron chi connectivity index (χ3n) is 6.19. The normalized spacial score (nSPS) is 18.3. The maximum absolute atomic E-state index is 12.9. The second-order valence-corrected chi connectivity index (χ2v) is 8.78. The van der Waals surface area contributed by atoms with E-state index in [1.807, 2.05) is 35.2 Å². The van der Waals surface area contributed by atoms with Gasteiger partial charge in [0.05, 0.1) is 13.5 Å². The molecule has 30 heavy (non-hydrogen) atoms. The van der Waals surface area contributed by atoms with Gasteiger partial charge in [-0.2, -0.15) is 0 Å². The van der Waals surface area contributed by atoms with Gasteiger partial charge in [0.2, 0.25) is 5.91 Å². The molecular weight excluding hydrogens is 396 g/mol. The fourth-order valence-corrected chi connectivity index (χ4v) is 4.41. The third kappa shape index (κ3) is 5.55. The van der Waals surface area contributed by atoms with Gasteiger partial charge < -0.3 is 9.64 Å². The van der Waals surface area contributed by atoms with Crippen molar-refractivity contribution in [1.29, 1.82) is 0 Å². The molecule has 162 valence electrons. The van der Waals surface area contributed by atoms with Gasteiger partial charge in [0.25, 0.3) is 0 Å². The highest BCUT2D eigenvalue weighted by Gasteiger charge is 2.28. The summed E-state index contributed by atoms with van der Waals surface area (Å²) in [5.41, 5.74) is 3.71. The number of benzene rings is 2. The number of rotatable bonds is 7. The molecule has 2 unspecified atom stereocenters. The number of hydrogen-bond acceptors (Lipinski definition) is 3. The van der Waals surface area contributed by atoms with Crippen molar-refractivity contribution in [2.24, 2.45) is 0 Å². The van der Waals surface area contributed by atoms with Crippen LogP contribution in [0.1, 0.15) is 49.8 Å². The number of methoxy groups -OCH3 is 1. The van der Waals surface area contributed by atoms with Crippen LogP contribution in [-0.4, -0.2) is 48.5 Å². The second kappa shape index (κ2) is 10.3. The number of amides is 1. The summed E-state index contributed by atoms with van der Waals surface area (Å²) in [6, 6.07) is 14.2. The summed E-state index contributed by atoms with van der Waals surface area (Å²) in [6.45, 7) is 10.0. The largest absolute Gasteiger partial charge is 0.497 e. The van der Waals surface area contributed by atoms with Crippen molar-refractivity contribution in [2.75, 3.05) is 26.7 Å². The molecule has 0 bridgehead atoms. The van der Waals surface area contributed by atoms with E-state index in [9.17, 15) is 4.79 Å². The van der Waals surface area contributed by atoms with Gasteiger partial charge >= 0.3 is 0 Å². The van der Waals surface area contributed by atoms with Crippen LogP contribution in [-0.2, 0) is 17.8 Å². The number of halogens is 1. The van der Waals surface area contributed by atoms with Crippen LogP contribution in [0.25, 0.3) is 0 Å². The minimum Gasteiger partial charge on any atom is -0.497 e. The van der Waals surface area contributed by atoms with Crippen molar-refractivity contribution in [3.63, 3.8) is 0 Å². The van der Waals surface area contributed by atoms with Crippen LogP contribution in [0.4, 0.5) is 0 Å². The van der Waals surface area contributed by atoms with Crippen LogP contribution >= 0.6 is 11.6 Å². The Kier molecular flexibility index (Phi) is 7.79. The standard InChI is InChI=1S/C25H33ClN2O2/c1-5-18(2)24-11-8-22(26)15-21(24)17-27-12-13-28(19(3)16-27)25(29)14-20-6-9-23(30-4)10-7-20/h6-11,15,18-19H,5,12-14,16-17H2,1-4H3. The molecule has 0 saturated carbocycles. The summed E-state index contributed by atoms with van der Waals surface area (Å²) in [7, 11) is 1.65. The summed E-state index contributed by atoms with van der Waals surface area (Å²) in [5, 5.41) is 0.790. The van der Waals surface area contributed by atoms with Crippen LogP contribution in [0.3, 0.4) is 0 Å². The first-order valence-electron chi connectivity index (χ1n) is 10.8. The van der Waals surface area contributed by atoms with Crippen LogP contribution in [0.15, 0.2) is 42.5 Å². The Morgan fingerprint density at radius 3 is 2.57 bits per heavy atom. The molecule has 1 saturated heterocycles. The minimum atomic E-state index is 0.190. The highest BCUT2D eigenvalue weighted by atomic mass is 35.5. The Morgan fingerprint density at radius 2 is 1.93 bits per heavy atom. The summed E-state index contributed by atoms with van der Waals surface area (Å²) >= 11 is 6.29. The molecule has 0 N–H and O–H groups in total. The van der Waals surface area contributed by atoms with E-state index in [4.69, 9.17) is 16.3 Å². The quantitative estimate of drug-likeness (QED) is 0.612. The maximum atomic E-state index is 12.9. The second-order valence-electron chi connectivity index (χ2n) is 8.35. The average molecular weight is 429 g/mol. The number of carbonyl (C=O) groups excluding carboxylic acids is 1. The number of nitrogens with zero attached hydrogens (tertiary/aromatic N) is 2. The fraction of sp³-hybridized carbons (Fsp3) is 0.480. The maximum Gasteiger partial charge on any atom is 0.227 e. The van der Waals surface area contributed by atoms with E-state index in [1.54, 1.807) is 7.11 Å². The number of piperazine rings is 1. The Hall–Kier alpha value is -2.04. The molecule has 0 aromatic heterocycles. The lowest BCUT2D eigenvalue weighted by molar-refractivity contribution is -0.135. The van der Waals surface area contributed by atoms with Gasteiger partial charge in [0.15, 0.2) is 0 Å². The summed E-state index contributed by atoms with van der Waals surface area (Å²) in [4.78, 5) is 17.3. The molecule has 0 aliphatic carbocycles. The van der Waals surface area contributed by atoms with E-state index in [-0.39, 0.29) is 11.9 Å². The van der Waals surface area contributed by atoms with Crippen LogP contribution in [0, 0.1) is 0 Å². The van der Waals surface area contributed by atoms with Gasteiger partial charge in [-0.3, -0.25) is 9.69 Å².